The topological polar surface area (TPSA) is 20.2 Å². The van der Waals surface area contributed by atoms with Gasteiger partial charge in [0.15, 0.2) is 0 Å². The number of aliphatic hydroxyl groups is 1. The first-order valence-corrected chi connectivity index (χ1v) is 19.2. The number of hydrogen-bond donors (Lipinski definition) is 1. The SMILES string of the molecule is C=C/C(C)=C/c1ccc(Cc2ccccc2C(=C2/C=CC=CC2)/C2=C(\C)CCc3ccccc3C(=C)/C(O)=C\2C)cc1C.CC.CC.CC.CC. The van der Waals surface area contributed by atoms with E-state index in [9.17, 15) is 5.11 Å². The van der Waals surface area contributed by atoms with Crippen molar-refractivity contribution >= 4 is 17.2 Å². The molecular formula is C50H66O. The van der Waals surface area contributed by atoms with Gasteiger partial charge in [-0.2, -0.15) is 0 Å². The fraction of sp³-hybridized carbons (Fsp3) is 0.320. The van der Waals surface area contributed by atoms with E-state index in [0.717, 1.165) is 48.0 Å². The largest absolute Gasteiger partial charge is 0.507 e. The number of rotatable bonds is 6. The van der Waals surface area contributed by atoms with Gasteiger partial charge in [0.2, 0.25) is 0 Å². The van der Waals surface area contributed by atoms with Gasteiger partial charge in [0.05, 0.1) is 0 Å². The van der Waals surface area contributed by atoms with Gasteiger partial charge in [-0.1, -0.05) is 183 Å². The molecule has 0 saturated carbocycles. The molecule has 272 valence electrons. The average molecular weight is 683 g/mol. The van der Waals surface area contributed by atoms with Crippen molar-refractivity contribution < 1.29 is 5.11 Å². The third kappa shape index (κ3) is 11.7. The van der Waals surface area contributed by atoms with Gasteiger partial charge in [0.1, 0.15) is 5.76 Å². The van der Waals surface area contributed by atoms with Gasteiger partial charge < -0.3 is 5.11 Å². The molecule has 1 N–H and O–H groups in total. The predicted molar refractivity (Wildman–Crippen MR) is 231 cm³/mol. The van der Waals surface area contributed by atoms with Crippen LogP contribution in [0.5, 0.6) is 0 Å². The molecular weight excluding hydrogens is 617 g/mol. The molecule has 5 rings (SSSR count). The van der Waals surface area contributed by atoms with Gasteiger partial charge >= 0.3 is 0 Å². The van der Waals surface area contributed by atoms with E-state index in [-0.39, 0.29) is 5.76 Å². The number of hydrogen-bond acceptors (Lipinski definition) is 1. The lowest BCUT2D eigenvalue weighted by Crippen LogP contribution is -2.06. The number of benzene rings is 3. The molecule has 0 atom stereocenters. The molecule has 0 aliphatic heterocycles. The minimum Gasteiger partial charge on any atom is -0.507 e. The monoisotopic (exact) mass is 683 g/mol. The molecule has 0 bridgehead atoms. The highest BCUT2D eigenvalue weighted by atomic mass is 16.3. The van der Waals surface area contributed by atoms with Crippen LogP contribution in [0.25, 0.3) is 17.2 Å². The minimum atomic E-state index is 0.267. The Labute approximate surface area is 313 Å². The van der Waals surface area contributed by atoms with Crippen LogP contribution in [-0.2, 0) is 12.8 Å². The van der Waals surface area contributed by atoms with Crippen LogP contribution in [-0.4, -0.2) is 5.11 Å². The molecule has 0 spiro atoms. The third-order valence-corrected chi connectivity index (χ3v) is 8.73. The number of allylic oxidation sites excluding steroid dienone is 12. The smallest absolute Gasteiger partial charge is 0.126 e. The van der Waals surface area contributed by atoms with Gasteiger partial charge in [-0.25, -0.2) is 0 Å². The van der Waals surface area contributed by atoms with Gasteiger partial charge in [-0.15, -0.1) is 0 Å². The molecule has 2 aliphatic carbocycles. The van der Waals surface area contributed by atoms with Crippen molar-refractivity contribution in [1.82, 2.24) is 0 Å². The quantitative estimate of drug-likeness (QED) is 0.257. The van der Waals surface area contributed by atoms with Crippen LogP contribution in [0.1, 0.15) is 128 Å². The van der Waals surface area contributed by atoms with Gasteiger partial charge in [0.25, 0.3) is 0 Å². The lowest BCUT2D eigenvalue weighted by Gasteiger charge is -2.24. The maximum atomic E-state index is 11.7. The zero-order valence-corrected chi connectivity index (χ0v) is 34.0. The molecule has 0 heterocycles. The molecule has 0 saturated heterocycles. The molecule has 1 nitrogen and oxygen atoms in total. The molecule has 0 radical (unpaired) electrons. The maximum absolute atomic E-state index is 11.7. The summed E-state index contributed by atoms with van der Waals surface area (Å²) in [5.74, 6) is 0.267. The lowest BCUT2D eigenvalue weighted by atomic mass is 9.80. The van der Waals surface area contributed by atoms with Crippen LogP contribution in [0.2, 0.25) is 0 Å². The number of fused-ring (bicyclic) bond motifs is 1. The zero-order valence-electron chi connectivity index (χ0n) is 34.0. The van der Waals surface area contributed by atoms with Crippen molar-refractivity contribution in [3.8, 4) is 0 Å². The Hall–Kier alpha value is -4.62. The van der Waals surface area contributed by atoms with Crippen LogP contribution in [0, 0.1) is 6.92 Å². The molecule has 3 aromatic carbocycles. The van der Waals surface area contributed by atoms with Crippen molar-refractivity contribution in [2.45, 2.75) is 109 Å². The first-order chi connectivity index (χ1) is 24.8. The normalized spacial score (nSPS) is 17.6. The van der Waals surface area contributed by atoms with Gasteiger partial charge in [0, 0.05) is 5.57 Å². The summed E-state index contributed by atoms with van der Waals surface area (Å²) in [6, 6.07) is 23.9. The lowest BCUT2D eigenvalue weighted by molar-refractivity contribution is 0.432. The molecule has 0 amide bonds. The predicted octanol–water partition coefficient (Wildman–Crippen LogP) is 15.4. The summed E-state index contributed by atoms with van der Waals surface area (Å²) in [6.45, 7) is 32.8. The van der Waals surface area contributed by atoms with Crippen LogP contribution in [0.3, 0.4) is 0 Å². The summed E-state index contributed by atoms with van der Waals surface area (Å²) in [5, 5.41) is 11.7. The number of aliphatic hydroxyl groups excluding tert-OH is 1. The Kier molecular flexibility index (Phi) is 20.7. The van der Waals surface area contributed by atoms with Gasteiger partial charge in [-0.3, -0.25) is 0 Å². The van der Waals surface area contributed by atoms with E-state index >= 15 is 0 Å². The first kappa shape index (κ1) is 44.4. The standard InChI is InChI=1S/C42H42O.4C2H6/c1-7-28(2)25-36-24-22-33(26-30(36)4)27-37-18-12-14-20-39(37)41(35-16-9-8-10-17-35)40-29(3)21-23-34-15-11-13-19-38(34)31(5)42(43)32(40)6;4*1-2/h7-16,18-20,22,24-26,43H,1,5,17,21,23,27H2,2-4,6H3;4*1-2H3/b28-25+,40-29+,41-35+,42-32+;;;;. The summed E-state index contributed by atoms with van der Waals surface area (Å²) in [6.07, 6.45) is 16.2. The third-order valence-electron chi connectivity index (χ3n) is 8.73. The highest BCUT2D eigenvalue weighted by molar-refractivity contribution is 5.92. The van der Waals surface area contributed by atoms with Crippen molar-refractivity contribution in [2.75, 3.05) is 0 Å². The summed E-state index contributed by atoms with van der Waals surface area (Å²) in [4.78, 5) is 0. The van der Waals surface area contributed by atoms with Crippen LogP contribution >= 0.6 is 0 Å². The highest BCUT2D eigenvalue weighted by Crippen LogP contribution is 2.42. The molecule has 2 aliphatic rings. The second kappa shape index (κ2) is 23.7. The Balaban J connectivity index is 0.00000152. The highest BCUT2D eigenvalue weighted by Gasteiger charge is 2.24. The molecule has 0 aromatic heterocycles. The average Bonchev–Trinajstić information content (AvgIpc) is 3.22. The first-order valence-electron chi connectivity index (χ1n) is 19.2. The minimum absolute atomic E-state index is 0.267. The molecule has 0 fully saturated rings. The maximum Gasteiger partial charge on any atom is 0.126 e. The fourth-order valence-electron chi connectivity index (χ4n) is 6.29. The van der Waals surface area contributed by atoms with E-state index in [2.05, 4.69) is 132 Å². The summed E-state index contributed by atoms with van der Waals surface area (Å²) < 4.78 is 0. The molecule has 0 unspecified atom stereocenters. The van der Waals surface area contributed by atoms with E-state index in [1.165, 1.54) is 50.1 Å². The summed E-state index contributed by atoms with van der Waals surface area (Å²) >= 11 is 0. The van der Waals surface area contributed by atoms with Crippen LogP contribution in [0.15, 0.2) is 144 Å². The molecule has 1 heteroatoms. The Morgan fingerprint density at radius 1 is 0.804 bits per heavy atom. The zero-order chi connectivity index (χ0) is 38.5. The summed E-state index contributed by atoms with van der Waals surface area (Å²) in [5.41, 5.74) is 16.1. The Morgan fingerprint density at radius 3 is 2.08 bits per heavy atom. The van der Waals surface area contributed by atoms with E-state index in [1.807, 2.05) is 67.5 Å². The van der Waals surface area contributed by atoms with Crippen LogP contribution in [0.4, 0.5) is 0 Å². The molecule has 51 heavy (non-hydrogen) atoms. The van der Waals surface area contributed by atoms with Crippen molar-refractivity contribution in [2.24, 2.45) is 0 Å². The fourth-order valence-corrected chi connectivity index (χ4v) is 6.29. The second-order valence-corrected chi connectivity index (χ2v) is 11.8. The second-order valence-electron chi connectivity index (χ2n) is 11.8. The van der Waals surface area contributed by atoms with E-state index in [1.54, 1.807) is 0 Å². The number of aryl methyl sites for hydroxylation is 2. The van der Waals surface area contributed by atoms with E-state index < -0.39 is 0 Å². The van der Waals surface area contributed by atoms with Crippen molar-refractivity contribution in [3.05, 3.63) is 183 Å². The Bertz CT molecular complexity index is 1780. The van der Waals surface area contributed by atoms with E-state index in [4.69, 9.17) is 0 Å². The van der Waals surface area contributed by atoms with E-state index in [0.29, 0.717) is 5.57 Å². The van der Waals surface area contributed by atoms with Crippen molar-refractivity contribution in [3.63, 3.8) is 0 Å². The van der Waals surface area contributed by atoms with Crippen LogP contribution < -0.4 is 0 Å². The van der Waals surface area contributed by atoms with Gasteiger partial charge in [-0.05, 0) is 115 Å². The molecule has 3 aromatic rings. The Morgan fingerprint density at radius 2 is 1.45 bits per heavy atom. The van der Waals surface area contributed by atoms with Crippen molar-refractivity contribution in [1.29, 1.82) is 0 Å². The summed E-state index contributed by atoms with van der Waals surface area (Å²) in [7, 11) is 0.